The van der Waals surface area contributed by atoms with E-state index in [9.17, 15) is 5.26 Å². The molecule has 0 radical (unpaired) electrons. The molecule has 1 fully saturated rings. The molecule has 6 heteroatoms. The van der Waals surface area contributed by atoms with Gasteiger partial charge in [0.15, 0.2) is 11.0 Å². The Morgan fingerprint density at radius 2 is 1.62 bits per heavy atom. The van der Waals surface area contributed by atoms with Crippen molar-refractivity contribution in [3.8, 4) is 17.3 Å². The van der Waals surface area contributed by atoms with Crippen LogP contribution in [0.4, 0.5) is 17.2 Å². The van der Waals surface area contributed by atoms with Crippen LogP contribution in [0.15, 0.2) is 53.7 Å². The zero-order chi connectivity index (χ0) is 22.7. The highest BCUT2D eigenvalue weighted by Gasteiger charge is 2.19. The number of rotatable bonds is 5. The van der Waals surface area contributed by atoms with Gasteiger partial charge in [-0.05, 0) is 54.3 Å². The lowest BCUT2D eigenvalue weighted by atomic mass is 9.86. The molecule has 1 aliphatic heterocycles. The molecule has 32 heavy (non-hydrogen) atoms. The van der Waals surface area contributed by atoms with Crippen LogP contribution in [0.25, 0.3) is 11.3 Å². The third-order valence-electron chi connectivity index (χ3n) is 5.81. The Morgan fingerprint density at radius 3 is 2.19 bits per heavy atom. The van der Waals surface area contributed by atoms with Gasteiger partial charge >= 0.3 is 0 Å². The van der Waals surface area contributed by atoms with Crippen molar-refractivity contribution in [3.63, 3.8) is 0 Å². The zero-order valence-corrected chi connectivity index (χ0v) is 20.0. The number of thioether (sulfide) groups is 1. The summed E-state index contributed by atoms with van der Waals surface area (Å²) >= 11 is 1.47. The lowest BCUT2D eigenvalue weighted by Crippen LogP contribution is -2.17. The first-order chi connectivity index (χ1) is 15.4. The Balaban J connectivity index is 1.67. The highest BCUT2D eigenvalue weighted by atomic mass is 32.2. The normalized spacial score (nSPS) is 13.8. The molecule has 0 unspecified atom stereocenters. The molecule has 0 atom stereocenters. The molecule has 4 rings (SSSR count). The number of hydrogen-bond acceptors (Lipinski definition) is 6. The predicted molar refractivity (Wildman–Crippen MR) is 134 cm³/mol. The van der Waals surface area contributed by atoms with Gasteiger partial charge in [0, 0.05) is 30.0 Å². The van der Waals surface area contributed by atoms with Crippen molar-refractivity contribution in [1.82, 2.24) is 9.97 Å². The van der Waals surface area contributed by atoms with Gasteiger partial charge in [-0.1, -0.05) is 56.8 Å². The molecule has 3 aromatic rings. The van der Waals surface area contributed by atoms with Crippen molar-refractivity contribution in [3.05, 3.63) is 59.7 Å². The average Bonchev–Trinajstić information content (AvgIpc) is 3.33. The first-order valence-corrected chi connectivity index (χ1v) is 12.2. The fourth-order valence-corrected chi connectivity index (χ4v) is 4.30. The minimum Gasteiger partial charge on any atom is -0.372 e. The summed E-state index contributed by atoms with van der Waals surface area (Å²) in [4.78, 5) is 11.7. The van der Waals surface area contributed by atoms with Gasteiger partial charge in [0.2, 0.25) is 0 Å². The highest BCUT2D eigenvalue weighted by molar-refractivity contribution is 7.98. The third-order valence-corrected chi connectivity index (χ3v) is 6.36. The quantitative estimate of drug-likeness (QED) is 0.365. The van der Waals surface area contributed by atoms with E-state index in [1.165, 1.54) is 35.9 Å². The molecule has 0 saturated carbocycles. The Morgan fingerprint density at radius 1 is 0.969 bits per heavy atom. The Bertz CT molecular complexity index is 1120. The Labute approximate surface area is 194 Å². The van der Waals surface area contributed by atoms with Crippen molar-refractivity contribution in [2.45, 2.75) is 44.2 Å². The van der Waals surface area contributed by atoms with Gasteiger partial charge in [0.25, 0.3) is 0 Å². The lowest BCUT2D eigenvalue weighted by molar-refractivity contribution is 0.590. The van der Waals surface area contributed by atoms with Crippen molar-refractivity contribution >= 4 is 29.0 Å². The molecule has 5 nitrogen and oxygen atoms in total. The average molecular weight is 444 g/mol. The fourth-order valence-electron chi connectivity index (χ4n) is 3.93. The topological polar surface area (TPSA) is 64.8 Å². The molecule has 0 bridgehead atoms. The summed E-state index contributed by atoms with van der Waals surface area (Å²) in [5.74, 6) is 0.538. The summed E-state index contributed by atoms with van der Waals surface area (Å²) in [5, 5.41) is 14.0. The van der Waals surface area contributed by atoms with E-state index in [4.69, 9.17) is 0 Å². The monoisotopic (exact) mass is 443 g/mol. The molecule has 2 aromatic carbocycles. The molecule has 164 valence electrons. The number of benzene rings is 2. The summed E-state index contributed by atoms with van der Waals surface area (Å²) in [6.45, 7) is 8.81. The van der Waals surface area contributed by atoms with Crippen molar-refractivity contribution in [2.24, 2.45) is 0 Å². The van der Waals surface area contributed by atoms with Gasteiger partial charge in [0.05, 0.1) is 5.69 Å². The van der Waals surface area contributed by atoms with Crippen molar-refractivity contribution in [2.75, 3.05) is 29.6 Å². The molecule has 1 aliphatic rings. The van der Waals surface area contributed by atoms with Gasteiger partial charge < -0.3 is 10.2 Å². The summed E-state index contributed by atoms with van der Waals surface area (Å²) in [6.07, 6.45) is 4.45. The highest BCUT2D eigenvalue weighted by Crippen LogP contribution is 2.32. The smallest absolute Gasteiger partial charge is 0.189 e. The molecule has 1 N–H and O–H groups in total. The standard InChI is InChI=1S/C26H29N5S/c1-26(2,3)19-9-7-18(8-10-19)23-22(17-27)24(30-25(29-23)32-4)28-20-11-13-21(14-12-20)31-15-5-6-16-31/h7-14H,5-6,15-16H2,1-4H3,(H,28,29,30). The Hall–Kier alpha value is -3.04. The fraction of sp³-hybridized carbons (Fsp3) is 0.346. The van der Waals surface area contributed by atoms with Crippen LogP contribution >= 0.6 is 11.8 Å². The first kappa shape index (κ1) is 22.2. The van der Waals surface area contributed by atoms with E-state index in [0.717, 1.165) is 24.3 Å². The van der Waals surface area contributed by atoms with E-state index in [0.29, 0.717) is 22.2 Å². The SMILES string of the molecule is CSc1nc(Nc2ccc(N3CCCC3)cc2)c(C#N)c(-c2ccc(C(C)(C)C)cc2)n1. The zero-order valence-electron chi connectivity index (χ0n) is 19.1. The minimum absolute atomic E-state index is 0.0701. The van der Waals surface area contributed by atoms with Crippen LogP contribution in [-0.2, 0) is 5.41 Å². The van der Waals surface area contributed by atoms with E-state index in [1.807, 2.05) is 30.5 Å². The summed E-state index contributed by atoms with van der Waals surface area (Å²) in [6, 6.07) is 19.0. The van der Waals surface area contributed by atoms with Crippen LogP contribution in [0, 0.1) is 11.3 Å². The summed E-state index contributed by atoms with van der Waals surface area (Å²) in [7, 11) is 0. The van der Waals surface area contributed by atoms with Crippen LogP contribution in [-0.4, -0.2) is 29.3 Å². The number of nitriles is 1. The molecule has 0 spiro atoms. The number of aromatic nitrogens is 2. The summed E-state index contributed by atoms with van der Waals surface area (Å²) < 4.78 is 0. The molecular formula is C26H29N5S. The number of nitrogens with one attached hydrogen (secondary N) is 1. The van der Waals surface area contributed by atoms with E-state index < -0.39 is 0 Å². The van der Waals surface area contributed by atoms with Crippen LogP contribution < -0.4 is 10.2 Å². The second-order valence-corrected chi connectivity index (χ2v) is 9.86. The van der Waals surface area contributed by atoms with Gasteiger partial charge in [0.1, 0.15) is 11.6 Å². The maximum Gasteiger partial charge on any atom is 0.189 e. The molecule has 0 aliphatic carbocycles. The molecule has 2 heterocycles. The largest absolute Gasteiger partial charge is 0.372 e. The minimum atomic E-state index is 0.0701. The maximum atomic E-state index is 9.99. The molecular weight excluding hydrogens is 414 g/mol. The summed E-state index contributed by atoms with van der Waals surface area (Å²) in [5.41, 5.74) is 5.49. The van der Waals surface area contributed by atoms with Crippen molar-refractivity contribution in [1.29, 1.82) is 5.26 Å². The second-order valence-electron chi connectivity index (χ2n) is 9.09. The number of hydrogen-bond donors (Lipinski definition) is 1. The number of nitrogens with zero attached hydrogens (tertiary/aromatic N) is 4. The van der Waals surface area contributed by atoms with Gasteiger partial charge in [-0.15, -0.1) is 0 Å². The van der Waals surface area contributed by atoms with E-state index in [1.54, 1.807) is 0 Å². The van der Waals surface area contributed by atoms with Crippen LogP contribution in [0.1, 0.15) is 44.7 Å². The van der Waals surface area contributed by atoms with Gasteiger partial charge in [-0.25, -0.2) is 9.97 Å². The predicted octanol–water partition coefficient (Wildman–Crippen LogP) is 6.38. The Kier molecular flexibility index (Phi) is 6.38. The van der Waals surface area contributed by atoms with E-state index >= 15 is 0 Å². The molecule has 0 amide bonds. The maximum absolute atomic E-state index is 9.99. The van der Waals surface area contributed by atoms with Crippen LogP contribution in [0.5, 0.6) is 0 Å². The second kappa shape index (κ2) is 9.22. The third kappa shape index (κ3) is 4.73. The van der Waals surface area contributed by atoms with Crippen LogP contribution in [0.3, 0.4) is 0 Å². The molecule has 1 saturated heterocycles. The van der Waals surface area contributed by atoms with Gasteiger partial charge in [-0.3, -0.25) is 0 Å². The first-order valence-electron chi connectivity index (χ1n) is 11.0. The van der Waals surface area contributed by atoms with Gasteiger partial charge in [-0.2, -0.15) is 5.26 Å². The van der Waals surface area contributed by atoms with Crippen LogP contribution in [0.2, 0.25) is 0 Å². The lowest BCUT2D eigenvalue weighted by Gasteiger charge is -2.19. The van der Waals surface area contributed by atoms with Crippen molar-refractivity contribution < 1.29 is 0 Å². The molecule has 1 aromatic heterocycles. The van der Waals surface area contributed by atoms with E-state index in [2.05, 4.69) is 71.3 Å². The number of anilines is 3. The van der Waals surface area contributed by atoms with E-state index in [-0.39, 0.29) is 5.41 Å².